The number of likely N-dealkylation sites (tertiary alicyclic amines) is 1. The molecule has 11 heteroatoms. The van der Waals surface area contributed by atoms with Crippen LogP contribution in [-0.4, -0.2) is 45.1 Å². The molecule has 0 atom stereocenters. The Balaban J connectivity index is 1.54. The highest BCUT2D eigenvalue weighted by Gasteiger charge is 2.35. The number of piperidine rings is 1. The van der Waals surface area contributed by atoms with E-state index >= 15 is 0 Å². The van der Waals surface area contributed by atoms with E-state index in [2.05, 4.69) is 21.4 Å². The summed E-state index contributed by atoms with van der Waals surface area (Å²) in [6, 6.07) is 12.9. The maximum atomic E-state index is 13.8. The zero-order valence-electron chi connectivity index (χ0n) is 22.2. The molecule has 3 aromatic rings. The number of alkyl halides is 3. The molecule has 0 saturated carbocycles. The quantitative estimate of drug-likeness (QED) is 0.322. The topological polar surface area (TPSA) is 121 Å². The summed E-state index contributed by atoms with van der Waals surface area (Å²) in [7, 11) is 0. The molecule has 40 heavy (non-hydrogen) atoms. The Kier molecular flexibility index (Phi) is 8.91. The van der Waals surface area contributed by atoms with Crippen LogP contribution in [-0.2, 0) is 36.7 Å². The van der Waals surface area contributed by atoms with E-state index in [-0.39, 0.29) is 36.8 Å². The molecular weight excluding hydrogens is 523 g/mol. The number of nitrogens with two attached hydrogens (primary N) is 1. The smallest absolute Gasteiger partial charge is 0.419 e. The number of amides is 2. The second kappa shape index (κ2) is 12.4. The van der Waals surface area contributed by atoms with Gasteiger partial charge < -0.3 is 21.1 Å². The molecule has 1 fully saturated rings. The lowest BCUT2D eigenvalue weighted by atomic mass is 9.88. The van der Waals surface area contributed by atoms with Gasteiger partial charge >= 0.3 is 12.3 Å². The number of benzene rings is 2. The van der Waals surface area contributed by atoms with Gasteiger partial charge in [-0.15, -0.1) is 0 Å². The third kappa shape index (κ3) is 7.08. The molecule has 0 aliphatic carbocycles. The molecule has 1 saturated heterocycles. The first-order valence-electron chi connectivity index (χ1n) is 13.2. The second-order valence-electron chi connectivity index (χ2n) is 9.90. The molecule has 4 rings (SSSR count). The van der Waals surface area contributed by atoms with Crippen molar-refractivity contribution < 1.29 is 27.9 Å². The standard InChI is InChI=1S/C29H32F3N5O3/c1-2-18-15-22(20-11-13-37(14-12-20)28(39)40)8-9-24(18)35-27-34-17-23(29(30,31)32)25(36-27)10-7-19-5-3-4-6-21(19)16-26(33)38/h3-6,8-9,15,17,20H,2,7,10-14,16H2,1H3,(H2,33,38)(H,39,40)(H,34,35,36). The van der Waals surface area contributed by atoms with Crippen LogP contribution in [0.3, 0.4) is 0 Å². The predicted molar refractivity (Wildman–Crippen MR) is 144 cm³/mol. The van der Waals surface area contributed by atoms with Crippen molar-refractivity contribution >= 4 is 23.6 Å². The first-order chi connectivity index (χ1) is 19.0. The largest absolute Gasteiger partial charge is 0.465 e. The van der Waals surface area contributed by atoms with Gasteiger partial charge in [-0.3, -0.25) is 4.79 Å². The van der Waals surface area contributed by atoms with Crippen LogP contribution in [0.25, 0.3) is 0 Å². The fraction of sp³-hybridized carbons (Fsp3) is 0.379. The summed E-state index contributed by atoms with van der Waals surface area (Å²) >= 11 is 0. The minimum atomic E-state index is -4.62. The van der Waals surface area contributed by atoms with Gasteiger partial charge in [0.25, 0.3) is 0 Å². The van der Waals surface area contributed by atoms with Crippen LogP contribution in [0.2, 0.25) is 0 Å². The molecule has 2 heterocycles. The molecule has 1 aliphatic rings. The normalized spacial score (nSPS) is 14.2. The van der Waals surface area contributed by atoms with E-state index in [4.69, 9.17) is 5.73 Å². The first kappa shape index (κ1) is 28.8. The number of aryl methyl sites for hydroxylation is 3. The van der Waals surface area contributed by atoms with E-state index in [1.165, 1.54) is 4.90 Å². The number of anilines is 2. The zero-order valence-corrected chi connectivity index (χ0v) is 22.2. The molecule has 212 valence electrons. The number of halogens is 3. The Labute approximate surface area is 230 Å². The van der Waals surface area contributed by atoms with Gasteiger partial charge in [-0.1, -0.05) is 43.3 Å². The summed E-state index contributed by atoms with van der Waals surface area (Å²) < 4.78 is 41.4. The molecule has 1 aliphatic heterocycles. The van der Waals surface area contributed by atoms with Crippen LogP contribution in [0, 0.1) is 0 Å². The van der Waals surface area contributed by atoms with E-state index < -0.39 is 23.7 Å². The fourth-order valence-corrected chi connectivity index (χ4v) is 5.13. The summed E-state index contributed by atoms with van der Waals surface area (Å²) in [6.45, 7) is 2.95. The molecule has 2 amide bonds. The van der Waals surface area contributed by atoms with E-state index in [1.54, 1.807) is 24.3 Å². The average molecular weight is 556 g/mol. The Morgan fingerprint density at radius 3 is 2.40 bits per heavy atom. The minimum absolute atomic E-state index is 0.00354. The number of rotatable bonds is 9. The third-order valence-electron chi connectivity index (χ3n) is 7.28. The van der Waals surface area contributed by atoms with Gasteiger partial charge in [-0.25, -0.2) is 14.8 Å². The lowest BCUT2D eigenvalue weighted by molar-refractivity contribution is -0.138. The van der Waals surface area contributed by atoms with Gasteiger partial charge in [0.2, 0.25) is 11.9 Å². The molecule has 0 bridgehead atoms. The highest BCUT2D eigenvalue weighted by atomic mass is 19.4. The maximum Gasteiger partial charge on any atom is 0.419 e. The van der Waals surface area contributed by atoms with Crippen LogP contribution in [0.5, 0.6) is 0 Å². The number of hydrogen-bond acceptors (Lipinski definition) is 5. The highest BCUT2D eigenvalue weighted by molar-refractivity contribution is 5.77. The molecule has 1 aromatic heterocycles. The van der Waals surface area contributed by atoms with Gasteiger partial charge in [-0.05, 0) is 66.3 Å². The highest BCUT2D eigenvalue weighted by Crippen LogP contribution is 2.34. The van der Waals surface area contributed by atoms with Gasteiger partial charge in [0.05, 0.1) is 17.7 Å². The number of hydrogen-bond donors (Lipinski definition) is 3. The van der Waals surface area contributed by atoms with Gasteiger partial charge in [0, 0.05) is 25.0 Å². The number of nitrogens with zero attached hydrogens (tertiary/aromatic N) is 3. The maximum absolute atomic E-state index is 13.8. The number of nitrogens with one attached hydrogen (secondary N) is 1. The first-order valence-corrected chi connectivity index (χ1v) is 13.2. The van der Waals surface area contributed by atoms with Crippen LogP contribution in [0.4, 0.5) is 29.6 Å². The van der Waals surface area contributed by atoms with Crippen molar-refractivity contribution in [2.24, 2.45) is 5.73 Å². The van der Waals surface area contributed by atoms with Crippen molar-refractivity contribution in [2.45, 2.75) is 57.5 Å². The third-order valence-corrected chi connectivity index (χ3v) is 7.28. The van der Waals surface area contributed by atoms with Crippen LogP contribution >= 0.6 is 0 Å². The fourth-order valence-electron chi connectivity index (χ4n) is 5.13. The summed E-state index contributed by atoms with van der Waals surface area (Å²) in [5.74, 6) is -0.215. The number of primary amides is 1. The summed E-state index contributed by atoms with van der Waals surface area (Å²) in [5.41, 5.74) is 8.47. The van der Waals surface area contributed by atoms with Crippen LogP contribution in [0.15, 0.2) is 48.7 Å². The minimum Gasteiger partial charge on any atom is -0.465 e. The number of carbonyl (C=O) groups excluding carboxylic acids is 1. The van der Waals surface area contributed by atoms with Gasteiger partial charge in [0.1, 0.15) is 0 Å². The zero-order chi connectivity index (χ0) is 28.9. The summed E-state index contributed by atoms with van der Waals surface area (Å²) in [6.07, 6.45) is -2.33. The molecule has 2 aromatic carbocycles. The van der Waals surface area contributed by atoms with Crippen molar-refractivity contribution in [2.75, 3.05) is 18.4 Å². The van der Waals surface area contributed by atoms with Crippen molar-refractivity contribution in [1.29, 1.82) is 0 Å². The summed E-state index contributed by atoms with van der Waals surface area (Å²) in [5, 5.41) is 12.3. The molecule has 0 unspecified atom stereocenters. The monoisotopic (exact) mass is 555 g/mol. The summed E-state index contributed by atoms with van der Waals surface area (Å²) in [4.78, 5) is 32.3. The van der Waals surface area contributed by atoms with E-state index in [9.17, 15) is 27.9 Å². The van der Waals surface area contributed by atoms with Crippen molar-refractivity contribution in [3.63, 3.8) is 0 Å². The van der Waals surface area contributed by atoms with Gasteiger partial charge in [0.15, 0.2) is 0 Å². The molecular formula is C29H32F3N5O3. The van der Waals surface area contributed by atoms with Gasteiger partial charge in [-0.2, -0.15) is 13.2 Å². The second-order valence-corrected chi connectivity index (χ2v) is 9.90. The van der Waals surface area contributed by atoms with Crippen molar-refractivity contribution in [1.82, 2.24) is 14.9 Å². The predicted octanol–water partition coefficient (Wildman–Crippen LogP) is 5.47. The Hall–Kier alpha value is -4.15. The number of carboxylic acid groups (broad SMARTS) is 1. The molecule has 0 spiro atoms. The van der Waals surface area contributed by atoms with Crippen LogP contribution in [0.1, 0.15) is 59.2 Å². The van der Waals surface area contributed by atoms with E-state index in [0.717, 1.165) is 35.7 Å². The van der Waals surface area contributed by atoms with E-state index in [0.29, 0.717) is 30.8 Å². The lowest BCUT2D eigenvalue weighted by Gasteiger charge is -2.30. The Morgan fingerprint density at radius 2 is 1.77 bits per heavy atom. The van der Waals surface area contributed by atoms with Crippen molar-refractivity contribution in [3.8, 4) is 0 Å². The van der Waals surface area contributed by atoms with Crippen LogP contribution < -0.4 is 11.1 Å². The molecule has 8 nitrogen and oxygen atoms in total. The number of aromatic nitrogens is 2. The number of carbonyl (C=O) groups is 2. The molecule has 0 radical (unpaired) electrons. The van der Waals surface area contributed by atoms with E-state index in [1.807, 2.05) is 19.1 Å². The SMILES string of the molecule is CCc1cc(C2CCN(C(=O)O)CC2)ccc1Nc1ncc(C(F)(F)F)c(CCc2ccccc2CC(N)=O)n1. The Bertz CT molecular complexity index is 1370. The average Bonchev–Trinajstić information content (AvgIpc) is 2.92. The Morgan fingerprint density at radius 1 is 1.07 bits per heavy atom. The van der Waals surface area contributed by atoms with Crippen molar-refractivity contribution in [3.05, 3.63) is 82.2 Å². The molecule has 4 N–H and O–H groups in total. The lowest BCUT2D eigenvalue weighted by Crippen LogP contribution is -2.36.